The maximum absolute atomic E-state index is 13.5. The lowest BCUT2D eigenvalue weighted by Gasteiger charge is -2.13. The van der Waals surface area contributed by atoms with Crippen molar-refractivity contribution < 1.29 is 14.3 Å². The number of para-hydroxylation sites is 1. The molecule has 38 heavy (non-hydrogen) atoms. The Kier molecular flexibility index (Phi) is 6.78. The van der Waals surface area contributed by atoms with Crippen molar-refractivity contribution in [3.63, 3.8) is 0 Å². The van der Waals surface area contributed by atoms with Crippen LogP contribution in [0, 0.1) is 20.8 Å². The van der Waals surface area contributed by atoms with E-state index in [2.05, 4.69) is 24.4 Å². The maximum Gasteiger partial charge on any atom is 0.267 e. The van der Waals surface area contributed by atoms with Gasteiger partial charge < -0.3 is 20.5 Å². The lowest BCUT2D eigenvalue weighted by molar-refractivity contribution is 0.103. The number of rotatable bonds is 6. The number of hydrogen-bond acceptors (Lipinski definition) is 6. The second-order valence-corrected chi connectivity index (χ2v) is 10.2. The van der Waals surface area contributed by atoms with E-state index in [9.17, 15) is 4.79 Å². The summed E-state index contributed by atoms with van der Waals surface area (Å²) < 4.78 is 11.0. The molecule has 5 rings (SSSR count). The van der Waals surface area contributed by atoms with Crippen LogP contribution in [0.25, 0.3) is 32.6 Å². The number of ether oxygens (including phenoxy) is 2. The van der Waals surface area contributed by atoms with Crippen molar-refractivity contribution in [2.24, 2.45) is 0 Å². The minimum atomic E-state index is -0.252. The fourth-order valence-corrected chi connectivity index (χ4v) is 5.59. The van der Waals surface area contributed by atoms with Gasteiger partial charge in [0.15, 0.2) is 11.5 Å². The molecule has 3 N–H and O–H groups in total. The van der Waals surface area contributed by atoms with Crippen LogP contribution in [0.15, 0.2) is 66.7 Å². The molecule has 0 fully saturated rings. The number of carbonyl (C=O) groups excluding carboxylic acids is 1. The third-order valence-electron chi connectivity index (χ3n) is 6.67. The first-order valence-corrected chi connectivity index (χ1v) is 13.0. The summed E-state index contributed by atoms with van der Waals surface area (Å²) in [4.78, 5) is 19.6. The molecule has 0 saturated carbocycles. The van der Waals surface area contributed by atoms with Gasteiger partial charge in [0.05, 0.1) is 25.6 Å². The lowest BCUT2D eigenvalue weighted by Crippen LogP contribution is -2.13. The standard InChI is InChI=1S/C31H29N3O3S/c1-17-9-11-20(12-10-17)23-16-22(21-13-14-24(36-4)25(15-21)37-5)26-27(32)29(38-31(26)33-23)30(35)34-28-18(2)7-6-8-19(28)3/h6-16H,32H2,1-5H3,(H,34,35). The first kappa shape index (κ1) is 25.3. The van der Waals surface area contributed by atoms with Gasteiger partial charge in [0.2, 0.25) is 0 Å². The Morgan fingerprint density at radius 2 is 1.53 bits per heavy atom. The molecule has 7 heteroatoms. The third kappa shape index (κ3) is 4.57. The van der Waals surface area contributed by atoms with Crippen molar-refractivity contribution >= 4 is 38.8 Å². The molecular weight excluding hydrogens is 494 g/mol. The highest BCUT2D eigenvalue weighted by atomic mass is 32.1. The number of nitrogens with zero attached hydrogens (tertiary/aromatic N) is 1. The smallest absolute Gasteiger partial charge is 0.267 e. The number of fused-ring (bicyclic) bond motifs is 1. The van der Waals surface area contributed by atoms with E-state index in [1.54, 1.807) is 14.2 Å². The summed E-state index contributed by atoms with van der Waals surface area (Å²) in [5.41, 5.74) is 14.6. The topological polar surface area (TPSA) is 86.5 Å². The first-order valence-electron chi connectivity index (χ1n) is 12.2. The normalized spacial score (nSPS) is 11.0. The maximum atomic E-state index is 13.5. The van der Waals surface area contributed by atoms with Gasteiger partial charge in [-0.25, -0.2) is 4.98 Å². The fraction of sp³-hybridized carbons (Fsp3) is 0.161. The molecule has 6 nitrogen and oxygen atoms in total. The molecule has 0 spiro atoms. The van der Waals surface area contributed by atoms with E-state index in [1.165, 1.54) is 16.9 Å². The van der Waals surface area contributed by atoms with Crippen LogP contribution >= 0.6 is 11.3 Å². The van der Waals surface area contributed by atoms with Crippen molar-refractivity contribution in [2.45, 2.75) is 20.8 Å². The van der Waals surface area contributed by atoms with E-state index in [0.29, 0.717) is 26.9 Å². The predicted molar refractivity (Wildman–Crippen MR) is 157 cm³/mol. The third-order valence-corrected chi connectivity index (χ3v) is 7.76. The molecule has 0 radical (unpaired) electrons. The number of benzene rings is 3. The number of carbonyl (C=O) groups is 1. The zero-order valence-corrected chi connectivity index (χ0v) is 22.8. The number of hydrogen-bond donors (Lipinski definition) is 2. The molecule has 0 bridgehead atoms. The zero-order valence-electron chi connectivity index (χ0n) is 22.0. The number of anilines is 2. The molecule has 1 amide bonds. The molecule has 0 unspecified atom stereocenters. The van der Waals surface area contributed by atoms with Crippen molar-refractivity contribution in [1.29, 1.82) is 0 Å². The number of methoxy groups -OCH3 is 2. The Labute approximate surface area is 226 Å². The molecule has 3 aromatic carbocycles. The summed E-state index contributed by atoms with van der Waals surface area (Å²) in [6.45, 7) is 6.00. The molecule has 0 atom stereocenters. The number of nitrogens with two attached hydrogens (primary N) is 1. The van der Waals surface area contributed by atoms with Crippen LogP contribution in [-0.4, -0.2) is 25.1 Å². The van der Waals surface area contributed by atoms with Gasteiger partial charge in [-0.2, -0.15) is 0 Å². The van der Waals surface area contributed by atoms with Gasteiger partial charge in [0, 0.05) is 16.6 Å². The second-order valence-electron chi connectivity index (χ2n) is 9.24. The number of amides is 1. The summed E-state index contributed by atoms with van der Waals surface area (Å²) in [6.07, 6.45) is 0. The van der Waals surface area contributed by atoms with E-state index >= 15 is 0 Å². The van der Waals surface area contributed by atoms with Gasteiger partial charge in [-0.1, -0.05) is 54.1 Å². The molecule has 0 aliphatic rings. The number of thiophene rings is 1. The number of aromatic nitrogens is 1. The molecule has 5 aromatic rings. The van der Waals surface area contributed by atoms with Crippen molar-refractivity contribution in [3.8, 4) is 33.9 Å². The van der Waals surface area contributed by atoms with E-state index < -0.39 is 0 Å². The molecular formula is C31H29N3O3S. The summed E-state index contributed by atoms with van der Waals surface area (Å²) in [5, 5.41) is 3.81. The lowest BCUT2D eigenvalue weighted by atomic mass is 9.98. The number of nitrogens with one attached hydrogen (secondary N) is 1. The quantitative estimate of drug-likeness (QED) is 0.242. The zero-order chi connectivity index (χ0) is 27.0. The SMILES string of the molecule is COc1ccc(-c2cc(-c3ccc(C)cc3)nc3sc(C(=O)Nc4c(C)cccc4C)c(N)c23)cc1OC. The first-order chi connectivity index (χ1) is 18.3. The highest BCUT2D eigenvalue weighted by molar-refractivity contribution is 7.21. The van der Waals surface area contributed by atoms with Crippen LogP contribution in [-0.2, 0) is 0 Å². The summed E-state index contributed by atoms with van der Waals surface area (Å²) in [6, 6.07) is 21.9. The largest absolute Gasteiger partial charge is 0.493 e. The van der Waals surface area contributed by atoms with Gasteiger partial charge in [-0.15, -0.1) is 11.3 Å². The highest BCUT2D eigenvalue weighted by Crippen LogP contribution is 2.43. The number of pyridine rings is 1. The van der Waals surface area contributed by atoms with Gasteiger partial charge in [0.1, 0.15) is 9.71 Å². The average Bonchev–Trinajstić information content (AvgIpc) is 3.26. The molecule has 192 valence electrons. The van der Waals surface area contributed by atoms with Gasteiger partial charge in [0.25, 0.3) is 5.91 Å². The summed E-state index contributed by atoms with van der Waals surface area (Å²) >= 11 is 1.30. The van der Waals surface area contributed by atoms with Gasteiger partial charge in [-0.05, 0) is 61.2 Å². The van der Waals surface area contributed by atoms with Crippen molar-refractivity contribution in [1.82, 2.24) is 4.98 Å². The van der Waals surface area contributed by atoms with Crippen molar-refractivity contribution in [2.75, 3.05) is 25.3 Å². The van der Waals surface area contributed by atoms with Crippen LogP contribution < -0.4 is 20.5 Å². The minimum Gasteiger partial charge on any atom is -0.493 e. The number of aryl methyl sites for hydroxylation is 3. The average molecular weight is 524 g/mol. The van der Waals surface area contributed by atoms with Gasteiger partial charge >= 0.3 is 0 Å². The monoisotopic (exact) mass is 523 g/mol. The molecule has 0 aliphatic heterocycles. The fourth-order valence-electron chi connectivity index (χ4n) is 4.58. The summed E-state index contributed by atoms with van der Waals surface area (Å²) in [7, 11) is 3.21. The van der Waals surface area contributed by atoms with E-state index in [-0.39, 0.29) is 5.91 Å². The van der Waals surface area contributed by atoms with Gasteiger partial charge in [-0.3, -0.25) is 4.79 Å². The summed E-state index contributed by atoms with van der Waals surface area (Å²) in [5.74, 6) is 0.985. The van der Waals surface area contributed by atoms with E-state index in [0.717, 1.165) is 44.6 Å². The minimum absolute atomic E-state index is 0.252. The Hall–Kier alpha value is -4.36. The predicted octanol–water partition coefficient (Wildman–Crippen LogP) is 7.41. The Balaban J connectivity index is 1.70. The second kappa shape index (κ2) is 10.2. The van der Waals surface area contributed by atoms with E-state index in [4.69, 9.17) is 20.2 Å². The van der Waals surface area contributed by atoms with Crippen LogP contribution in [0.3, 0.4) is 0 Å². The van der Waals surface area contributed by atoms with Crippen molar-refractivity contribution in [3.05, 3.63) is 88.3 Å². The Morgan fingerprint density at radius 1 is 0.868 bits per heavy atom. The molecule has 2 heterocycles. The van der Waals surface area contributed by atoms with Crippen LogP contribution in [0.4, 0.5) is 11.4 Å². The molecule has 0 aliphatic carbocycles. The van der Waals surface area contributed by atoms with E-state index in [1.807, 2.05) is 68.4 Å². The van der Waals surface area contributed by atoms with Crippen LogP contribution in [0.1, 0.15) is 26.4 Å². The Morgan fingerprint density at radius 3 is 2.18 bits per heavy atom. The molecule has 0 saturated heterocycles. The van der Waals surface area contributed by atoms with Crippen LogP contribution in [0.5, 0.6) is 11.5 Å². The molecule has 2 aromatic heterocycles. The number of nitrogen functional groups attached to an aromatic ring is 1. The Bertz CT molecular complexity index is 1650. The highest BCUT2D eigenvalue weighted by Gasteiger charge is 2.23. The van der Waals surface area contributed by atoms with Crippen LogP contribution in [0.2, 0.25) is 0 Å².